The number of unbranched alkanes of at least 4 members (excludes halogenated alkanes) is 11. The number of aliphatic hydroxyl groups is 2. The highest BCUT2D eigenvalue weighted by Crippen LogP contribution is 2.12. The third-order valence-electron chi connectivity index (χ3n) is 4.89. The first-order chi connectivity index (χ1) is 13.7. The summed E-state index contributed by atoms with van der Waals surface area (Å²) in [7, 11) is 0. The third kappa shape index (κ3) is 22.8. The Labute approximate surface area is 175 Å². The second-order valence-corrected chi connectivity index (χ2v) is 8.15. The second kappa shape index (κ2) is 22.1. The van der Waals surface area contributed by atoms with Crippen molar-refractivity contribution in [2.75, 3.05) is 6.61 Å². The van der Waals surface area contributed by atoms with Crippen LogP contribution in [0, 0.1) is 29.6 Å². The van der Waals surface area contributed by atoms with Crippen molar-refractivity contribution >= 4 is 0 Å². The van der Waals surface area contributed by atoms with Gasteiger partial charge in [-0.25, -0.2) is 0 Å². The van der Waals surface area contributed by atoms with Gasteiger partial charge < -0.3 is 10.2 Å². The molecular weight excluding hydrogens is 344 g/mol. The highest BCUT2D eigenvalue weighted by molar-refractivity contribution is 5.27. The minimum absolute atomic E-state index is 0.181. The summed E-state index contributed by atoms with van der Waals surface area (Å²) in [6.45, 7) is 4.44. The summed E-state index contributed by atoms with van der Waals surface area (Å²) in [6, 6.07) is 0. The van der Waals surface area contributed by atoms with Gasteiger partial charge in [0, 0.05) is 0 Å². The minimum Gasteiger partial charge on any atom is -0.384 e. The number of aliphatic hydroxyl groups excluding tert-OH is 2. The van der Waals surface area contributed by atoms with E-state index in [0.29, 0.717) is 0 Å². The van der Waals surface area contributed by atoms with E-state index in [0.717, 1.165) is 25.2 Å². The van der Waals surface area contributed by atoms with E-state index in [2.05, 4.69) is 49.7 Å². The monoisotopic (exact) mass is 388 g/mol. The van der Waals surface area contributed by atoms with E-state index in [1.807, 2.05) is 0 Å². The molecule has 1 atom stereocenters. The summed E-state index contributed by atoms with van der Waals surface area (Å²) < 4.78 is 0. The predicted octanol–water partition coefficient (Wildman–Crippen LogP) is 6.41. The Kier molecular flexibility index (Phi) is 21.1. The highest BCUT2D eigenvalue weighted by atomic mass is 16.3. The molecule has 0 aliphatic heterocycles. The molecule has 0 aliphatic carbocycles. The van der Waals surface area contributed by atoms with E-state index >= 15 is 0 Å². The van der Waals surface area contributed by atoms with Gasteiger partial charge in [0.25, 0.3) is 0 Å². The molecule has 0 fully saturated rings. The molecule has 0 radical (unpaired) electrons. The maximum Gasteiger partial charge on any atom is 0.115 e. The van der Waals surface area contributed by atoms with Gasteiger partial charge in [0.1, 0.15) is 12.7 Å². The molecule has 0 heterocycles. The first-order valence-electron chi connectivity index (χ1n) is 11.6. The van der Waals surface area contributed by atoms with Gasteiger partial charge in [-0.1, -0.05) is 95.6 Å². The molecule has 0 bridgehead atoms. The molecule has 28 heavy (non-hydrogen) atoms. The molecule has 0 rings (SSSR count). The van der Waals surface area contributed by atoms with Gasteiger partial charge >= 0.3 is 0 Å². The zero-order chi connectivity index (χ0) is 20.7. The van der Waals surface area contributed by atoms with Crippen molar-refractivity contribution in [3.05, 3.63) is 12.2 Å². The Morgan fingerprint density at radius 3 is 1.71 bits per heavy atom. The Morgan fingerprint density at radius 2 is 1.18 bits per heavy atom. The van der Waals surface area contributed by atoms with E-state index < -0.39 is 6.10 Å². The van der Waals surface area contributed by atoms with Gasteiger partial charge in [-0.3, -0.25) is 0 Å². The summed E-state index contributed by atoms with van der Waals surface area (Å²) in [5, 5.41) is 18.2. The lowest BCUT2D eigenvalue weighted by molar-refractivity contribution is 0.217. The van der Waals surface area contributed by atoms with Crippen LogP contribution in [0.3, 0.4) is 0 Å². The van der Waals surface area contributed by atoms with Crippen molar-refractivity contribution in [3.8, 4) is 23.7 Å². The maximum atomic E-state index is 9.67. The Morgan fingerprint density at radius 1 is 0.679 bits per heavy atom. The molecule has 0 aliphatic rings. The van der Waals surface area contributed by atoms with Crippen LogP contribution in [0.15, 0.2) is 12.2 Å². The van der Waals surface area contributed by atoms with Crippen LogP contribution < -0.4 is 0 Å². The largest absolute Gasteiger partial charge is 0.384 e. The fraction of sp³-hybridized carbons (Fsp3) is 0.769. The Hall–Kier alpha value is -1.22. The van der Waals surface area contributed by atoms with E-state index in [9.17, 15) is 5.11 Å². The van der Waals surface area contributed by atoms with Crippen molar-refractivity contribution in [1.82, 2.24) is 0 Å². The van der Waals surface area contributed by atoms with Gasteiger partial charge in [0.15, 0.2) is 0 Å². The van der Waals surface area contributed by atoms with Crippen molar-refractivity contribution < 1.29 is 10.2 Å². The number of hydrogen-bond acceptors (Lipinski definition) is 2. The molecule has 0 spiro atoms. The molecule has 0 aromatic rings. The zero-order valence-electron chi connectivity index (χ0n) is 18.5. The predicted molar refractivity (Wildman–Crippen MR) is 122 cm³/mol. The molecule has 2 heteroatoms. The van der Waals surface area contributed by atoms with Crippen LogP contribution in [0.1, 0.15) is 110 Å². The molecule has 0 saturated heterocycles. The quantitative estimate of drug-likeness (QED) is 0.172. The van der Waals surface area contributed by atoms with E-state index in [-0.39, 0.29) is 6.61 Å². The lowest BCUT2D eigenvalue weighted by atomic mass is 10.0. The first kappa shape index (κ1) is 26.8. The van der Waals surface area contributed by atoms with Crippen molar-refractivity contribution in [2.45, 2.75) is 116 Å². The average Bonchev–Trinajstić information content (AvgIpc) is 2.67. The fourth-order valence-corrected chi connectivity index (χ4v) is 3.16. The number of hydrogen-bond donors (Lipinski definition) is 2. The van der Waals surface area contributed by atoms with Crippen LogP contribution in [-0.2, 0) is 0 Å². The maximum absolute atomic E-state index is 9.67. The van der Waals surface area contributed by atoms with Crippen LogP contribution in [0.4, 0.5) is 0 Å². The molecule has 0 aromatic heterocycles. The lowest BCUT2D eigenvalue weighted by Crippen LogP contribution is -2.01. The van der Waals surface area contributed by atoms with Gasteiger partial charge in [-0.2, -0.15) is 0 Å². The molecule has 2 N–H and O–H groups in total. The average molecular weight is 389 g/mol. The summed E-state index contributed by atoms with van der Waals surface area (Å²) in [4.78, 5) is 0. The van der Waals surface area contributed by atoms with Gasteiger partial charge in [-0.15, -0.1) is 0 Å². The van der Waals surface area contributed by atoms with E-state index in [1.165, 1.54) is 77.0 Å². The van der Waals surface area contributed by atoms with Gasteiger partial charge in [0.05, 0.1) is 0 Å². The van der Waals surface area contributed by atoms with Crippen molar-refractivity contribution in [1.29, 1.82) is 0 Å². The molecule has 160 valence electrons. The molecule has 1 unspecified atom stereocenters. The molecule has 0 aromatic carbocycles. The van der Waals surface area contributed by atoms with Crippen molar-refractivity contribution in [2.24, 2.45) is 5.92 Å². The molecule has 2 nitrogen and oxygen atoms in total. The topological polar surface area (TPSA) is 40.5 Å². The summed E-state index contributed by atoms with van der Waals surface area (Å²) in [6.07, 6.45) is 23.0. The Bertz CT molecular complexity index is 470. The summed E-state index contributed by atoms with van der Waals surface area (Å²) in [5.41, 5.74) is 0. The highest BCUT2D eigenvalue weighted by Gasteiger charge is 1.98. The first-order valence-corrected chi connectivity index (χ1v) is 11.6. The number of rotatable bonds is 17. The summed E-state index contributed by atoms with van der Waals surface area (Å²) >= 11 is 0. The molecule has 0 amide bonds. The second-order valence-electron chi connectivity index (χ2n) is 8.15. The van der Waals surface area contributed by atoms with Crippen LogP contribution in [0.25, 0.3) is 0 Å². The van der Waals surface area contributed by atoms with E-state index in [1.54, 1.807) is 0 Å². The van der Waals surface area contributed by atoms with Gasteiger partial charge in [-0.05, 0) is 56.3 Å². The van der Waals surface area contributed by atoms with Crippen LogP contribution >= 0.6 is 0 Å². The standard InChI is InChI=1S/C26H44O2/c1-25(2)21-17-14-12-10-8-6-4-3-5-7-9-11-13-15-18-22-26(28)23-19-16-20-24-27/h4,6,25-28H,3,5,7-15,17-18,21-22,24H2,1-2H3/b6-4-. The fourth-order valence-electron chi connectivity index (χ4n) is 3.16. The van der Waals surface area contributed by atoms with Gasteiger partial charge in [0.2, 0.25) is 0 Å². The smallest absolute Gasteiger partial charge is 0.115 e. The van der Waals surface area contributed by atoms with Crippen molar-refractivity contribution in [3.63, 3.8) is 0 Å². The zero-order valence-corrected chi connectivity index (χ0v) is 18.5. The van der Waals surface area contributed by atoms with E-state index in [4.69, 9.17) is 5.11 Å². The molecular formula is C26H44O2. The minimum atomic E-state index is -0.584. The summed E-state index contributed by atoms with van der Waals surface area (Å²) in [5.74, 6) is 11.1. The molecule has 0 saturated carbocycles. The normalized spacial score (nSPS) is 11.9. The van der Waals surface area contributed by atoms with Crippen LogP contribution in [-0.4, -0.2) is 22.9 Å². The lowest BCUT2D eigenvalue weighted by Gasteiger charge is -2.03. The Balaban J connectivity index is 3.27. The number of allylic oxidation sites excluding steroid dienone is 2. The SMILES string of the molecule is CC(C)CCCCCC/C=C\CCCCCCCCCC(O)C#CC#CCO. The third-order valence-corrected chi connectivity index (χ3v) is 4.89. The van der Waals surface area contributed by atoms with Crippen LogP contribution in [0.5, 0.6) is 0 Å². The van der Waals surface area contributed by atoms with Crippen LogP contribution in [0.2, 0.25) is 0 Å².